The molecular weight excluding hydrogens is 405 g/mol. The minimum Gasteiger partial charge on any atom is -0.492 e. The van der Waals surface area contributed by atoms with Crippen LogP contribution in [0.25, 0.3) is 10.9 Å². The molecule has 1 saturated carbocycles. The van der Waals surface area contributed by atoms with E-state index in [0.29, 0.717) is 25.0 Å². The average molecular weight is 425 g/mol. The van der Waals surface area contributed by atoms with E-state index < -0.39 is 17.2 Å². The lowest BCUT2D eigenvalue weighted by atomic mass is 10.0. The number of aromatic nitrogens is 3. The fourth-order valence-electron chi connectivity index (χ4n) is 4.25. The lowest BCUT2D eigenvalue weighted by Crippen LogP contribution is -2.32. The molecule has 0 amide bonds. The van der Waals surface area contributed by atoms with Crippen molar-refractivity contribution in [2.24, 2.45) is 0 Å². The van der Waals surface area contributed by atoms with Crippen LogP contribution in [0.1, 0.15) is 40.5 Å². The van der Waals surface area contributed by atoms with Crippen molar-refractivity contribution >= 4 is 28.5 Å². The summed E-state index contributed by atoms with van der Waals surface area (Å²) >= 11 is 0. The summed E-state index contributed by atoms with van der Waals surface area (Å²) in [6.07, 6.45) is 5.23. The number of rotatable bonds is 4. The number of pyridine rings is 1. The first-order chi connectivity index (χ1) is 14.9. The smallest absolute Gasteiger partial charge is 0.341 e. The zero-order chi connectivity index (χ0) is 21.9. The summed E-state index contributed by atoms with van der Waals surface area (Å²) < 4.78 is 22.8. The SMILES string of the molecule is COc1c(N2CCc3nc(N)ncc3C2)c(F)cc2c(=O)c(C(=O)O)cn(C3CC3)c12. The van der Waals surface area contributed by atoms with Crippen LogP contribution in [0.2, 0.25) is 0 Å². The minimum absolute atomic E-state index is 0.00147. The molecule has 0 radical (unpaired) electrons. The number of nitrogens with zero attached hydrogens (tertiary/aromatic N) is 4. The molecule has 1 aromatic carbocycles. The number of carbonyl (C=O) groups is 1. The first kappa shape index (κ1) is 19.3. The fourth-order valence-corrected chi connectivity index (χ4v) is 4.25. The predicted octanol–water partition coefficient (Wildman–Crippen LogP) is 2.12. The van der Waals surface area contributed by atoms with Crippen molar-refractivity contribution < 1.29 is 19.0 Å². The van der Waals surface area contributed by atoms with E-state index in [2.05, 4.69) is 9.97 Å². The molecule has 10 heteroatoms. The summed E-state index contributed by atoms with van der Waals surface area (Å²) in [6.45, 7) is 0.832. The largest absolute Gasteiger partial charge is 0.492 e. The monoisotopic (exact) mass is 425 g/mol. The van der Waals surface area contributed by atoms with Crippen molar-refractivity contribution in [1.29, 1.82) is 0 Å². The molecule has 0 atom stereocenters. The topological polar surface area (TPSA) is 124 Å². The van der Waals surface area contributed by atoms with Crippen LogP contribution in [0.4, 0.5) is 16.0 Å². The molecule has 0 bridgehead atoms. The quantitative estimate of drug-likeness (QED) is 0.652. The van der Waals surface area contributed by atoms with Crippen LogP contribution < -0.4 is 20.8 Å². The van der Waals surface area contributed by atoms with Gasteiger partial charge in [0.2, 0.25) is 11.4 Å². The van der Waals surface area contributed by atoms with Crippen molar-refractivity contribution in [3.63, 3.8) is 0 Å². The van der Waals surface area contributed by atoms with Crippen molar-refractivity contribution in [3.8, 4) is 5.75 Å². The molecule has 160 valence electrons. The van der Waals surface area contributed by atoms with Gasteiger partial charge in [-0.3, -0.25) is 4.79 Å². The highest BCUT2D eigenvalue weighted by molar-refractivity contribution is 5.97. The Morgan fingerprint density at radius 3 is 2.84 bits per heavy atom. The predicted molar refractivity (Wildman–Crippen MR) is 111 cm³/mol. The van der Waals surface area contributed by atoms with E-state index in [1.807, 2.05) is 4.90 Å². The van der Waals surface area contributed by atoms with Crippen LogP contribution in [0.5, 0.6) is 5.75 Å². The molecular formula is C21H20FN5O4. The molecule has 2 aromatic heterocycles. The normalized spacial score (nSPS) is 15.7. The third-order valence-electron chi connectivity index (χ3n) is 5.84. The summed E-state index contributed by atoms with van der Waals surface area (Å²) in [6, 6.07) is 1.17. The maximum absolute atomic E-state index is 15.4. The van der Waals surface area contributed by atoms with Gasteiger partial charge in [0.1, 0.15) is 11.3 Å². The number of carboxylic acids is 1. The Kier molecular flexibility index (Phi) is 4.31. The molecule has 3 N–H and O–H groups in total. The van der Waals surface area contributed by atoms with Crippen LogP contribution in [0.3, 0.4) is 0 Å². The number of ether oxygens (including phenoxy) is 1. The molecule has 31 heavy (non-hydrogen) atoms. The van der Waals surface area contributed by atoms with Crippen molar-refractivity contribution in [1.82, 2.24) is 14.5 Å². The van der Waals surface area contributed by atoms with Crippen molar-refractivity contribution in [2.75, 3.05) is 24.3 Å². The van der Waals surface area contributed by atoms with Crippen LogP contribution in [0.15, 0.2) is 23.3 Å². The summed E-state index contributed by atoms with van der Waals surface area (Å²) in [5.74, 6) is -1.57. The Morgan fingerprint density at radius 2 is 2.16 bits per heavy atom. The van der Waals surface area contributed by atoms with Crippen LogP contribution in [-0.2, 0) is 13.0 Å². The van der Waals surface area contributed by atoms with Crippen molar-refractivity contribution in [3.05, 3.63) is 51.3 Å². The first-order valence-electron chi connectivity index (χ1n) is 9.93. The summed E-state index contributed by atoms with van der Waals surface area (Å²) in [5, 5.41) is 9.45. The van der Waals surface area contributed by atoms with E-state index in [1.54, 1.807) is 10.8 Å². The van der Waals surface area contributed by atoms with Gasteiger partial charge in [0.05, 0.1) is 23.7 Å². The van der Waals surface area contributed by atoms with Gasteiger partial charge in [-0.15, -0.1) is 0 Å². The molecule has 3 aromatic rings. The molecule has 9 nitrogen and oxygen atoms in total. The fraction of sp³-hybridized carbons (Fsp3) is 0.333. The molecule has 3 heterocycles. The number of nitrogens with two attached hydrogens (primary N) is 1. The molecule has 0 unspecified atom stereocenters. The van der Waals surface area contributed by atoms with Crippen molar-refractivity contribution in [2.45, 2.75) is 31.8 Å². The van der Waals surface area contributed by atoms with Crippen LogP contribution >= 0.6 is 0 Å². The Balaban J connectivity index is 1.73. The zero-order valence-electron chi connectivity index (χ0n) is 16.8. The summed E-state index contributed by atoms with van der Waals surface area (Å²) in [5.41, 5.74) is 6.87. The van der Waals surface area contributed by atoms with Crippen LogP contribution in [0, 0.1) is 5.82 Å². The number of nitrogen functional groups attached to an aromatic ring is 1. The lowest BCUT2D eigenvalue weighted by molar-refractivity contribution is 0.0695. The number of methoxy groups -OCH3 is 1. The van der Waals surface area contributed by atoms with Gasteiger partial charge in [-0.2, -0.15) is 0 Å². The molecule has 1 aliphatic carbocycles. The number of hydrogen-bond acceptors (Lipinski definition) is 7. The summed E-state index contributed by atoms with van der Waals surface area (Å²) in [4.78, 5) is 34.5. The second-order valence-electron chi connectivity index (χ2n) is 7.82. The van der Waals surface area contributed by atoms with Gasteiger partial charge in [-0.05, 0) is 18.9 Å². The third kappa shape index (κ3) is 3.06. The molecule has 5 rings (SSSR count). The van der Waals surface area contributed by atoms with Gasteiger partial charge in [0.15, 0.2) is 11.6 Å². The van der Waals surface area contributed by atoms with E-state index in [4.69, 9.17) is 10.5 Å². The number of anilines is 2. The first-order valence-corrected chi connectivity index (χ1v) is 9.93. The van der Waals surface area contributed by atoms with Gasteiger partial charge in [-0.25, -0.2) is 19.2 Å². The number of carboxylic acid groups (broad SMARTS) is 1. The Labute approximate surface area is 175 Å². The Morgan fingerprint density at radius 1 is 1.39 bits per heavy atom. The number of halogens is 1. The molecule has 1 fully saturated rings. The third-order valence-corrected chi connectivity index (χ3v) is 5.84. The highest BCUT2D eigenvalue weighted by Crippen LogP contribution is 2.44. The van der Waals surface area contributed by atoms with E-state index in [1.165, 1.54) is 13.3 Å². The van der Waals surface area contributed by atoms with Crippen LogP contribution in [-0.4, -0.2) is 39.3 Å². The van der Waals surface area contributed by atoms with E-state index in [0.717, 1.165) is 30.2 Å². The lowest BCUT2D eigenvalue weighted by Gasteiger charge is -2.32. The Bertz CT molecular complexity index is 1300. The Hall–Kier alpha value is -3.69. The van der Waals surface area contributed by atoms with E-state index in [9.17, 15) is 14.7 Å². The number of aromatic carboxylic acids is 1. The maximum atomic E-state index is 15.4. The van der Waals surface area contributed by atoms with Gasteiger partial charge in [0.25, 0.3) is 0 Å². The zero-order valence-corrected chi connectivity index (χ0v) is 16.8. The highest BCUT2D eigenvalue weighted by Gasteiger charge is 2.32. The number of fused-ring (bicyclic) bond motifs is 2. The standard InChI is InChI=1S/C21H20FN5O4/c1-31-19-16-12(18(28)13(20(29)30)9-27(16)11-2-3-11)6-14(22)17(19)26-5-4-15-10(8-26)7-24-21(23)25-15/h6-7,9,11H,2-5,8H2,1H3,(H,29,30)(H2,23,24,25). The highest BCUT2D eigenvalue weighted by atomic mass is 19.1. The number of benzene rings is 1. The second-order valence-corrected chi connectivity index (χ2v) is 7.82. The molecule has 0 spiro atoms. The van der Waals surface area contributed by atoms with E-state index in [-0.39, 0.29) is 34.4 Å². The molecule has 0 saturated heterocycles. The average Bonchev–Trinajstić information content (AvgIpc) is 3.58. The second kappa shape index (κ2) is 6.93. The number of hydrogen-bond donors (Lipinski definition) is 2. The van der Waals surface area contributed by atoms with Gasteiger partial charge < -0.3 is 25.0 Å². The van der Waals surface area contributed by atoms with Gasteiger partial charge in [0, 0.05) is 43.5 Å². The summed E-state index contributed by atoms with van der Waals surface area (Å²) in [7, 11) is 1.42. The van der Waals surface area contributed by atoms with E-state index >= 15 is 4.39 Å². The molecule has 2 aliphatic rings. The molecule has 1 aliphatic heterocycles. The maximum Gasteiger partial charge on any atom is 0.341 e. The minimum atomic E-state index is -1.34. The van der Waals surface area contributed by atoms with Gasteiger partial charge >= 0.3 is 5.97 Å². The van der Waals surface area contributed by atoms with Gasteiger partial charge in [-0.1, -0.05) is 0 Å².